The lowest BCUT2D eigenvalue weighted by atomic mass is 10.1. The van der Waals surface area contributed by atoms with Crippen LogP contribution in [0.15, 0.2) is 53.3 Å². The van der Waals surface area contributed by atoms with Gasteiger partial charge in [-0.05, 0) is 61.0 Å². The summed E-state index contributed by atoms with van der Waals surface area (Å²) in [5.74, 6) is 0.715. The fourth-order valence-electron chi connectivity index (χ4n) is 3.88. The number of methoxy groups -OCH3 is 1. The number of hydrogen-bond acceptors (Lipinski definition) is 4. The Bertz CT molecular complexity index is 1120. The van der Waals surface area contributed by atoms with Crippen LogP contribution in [0.1, 0.15) is 24.0 Å². The Morgan fingerprint density at radius 2 is 2.06 bits per heavy atom. The average molecular weight is 421 g/mol. The molecule has 1 aliphatic heterocycles. The van der Waals surface area contributed by atoms with Crippen molar-refractivity contribution in [3.05, 3.63) is 70.0 Å². The molecule has 2 heterocycles. The summed E-state index contributed by atoms with van der Waals surface area (Å²) in [6.07, 6.45) is 1.86. The number of rotatable bonds is 6. The molecule has 0 unspecified atom stereocenters. The number of benzene rings is 2. The number of aromatic nitrogens is 1. The number of nitrogens with one attached hydrogen (secondary N) is 2. The highest BCUT2D eigenvalue weighted by Gasteiger charge is 2.24. The van der Waals surface area contributed by atoms with Gasteiger partial charge >= 0.3 is 6.03 Å². The normalized spacial score (nSPS) is 15.7. The van der Waals surface area contributed by atoms with E-state index in [1.165, 1.54) is 0 Å². The Hall–Kier alpha value is -3.32. The van der Waals surface area contributed by atoms with Gasteiger partial charge in [0.1, 0.15) is 5.75 Å². The number of H-pyrrole nitrogens is 1. The molecular weight excluding hydrogens is 394 g/mol. The lowest BCUT2D eigenvalue weighted by Crippen LogP contribution is -2.40. The predicted octanol–water partition coefficient (Wildman–Crippen LogP) is 4.06. The number of pyridine rings is 1. The zero-order chi connectivity index (χ0) is 21.8. The molecule has 31 heavy (non-hydrogen) atoms. The highest BCUT2D eigenvalue weighted by molar-refractivity contribution is 5.89. The number of aromatic amines is 1. The summed E-state index contributed by atoms with van der Waals surface area (Å²) >= 11 is 0. The Balaban J connectivity index is 1.58. The van der Waals surface area contributed by atoms with Crippen LogP contribution in [-0.2, 0) is 11.3 Å². The van der Waals surface area contributed by atoms with E-state index in [-0.39, 0.29) is 24.2 Å². The molecule has 162 valence electrons. The van der Waals surface area contributed by atoms with Crippen LogP contribution in [0.2, 0.25) is 0 Å². The summed E-state index contributed by atoms with van der Waals surface area (Å²) in [7, 11) is 1.60. The molecule has 1 aliphatic rings. The summed E-state index contributed by atoms with van der Waals surface area (Å²) < 4.78 is 10.9. The van der Waals surface area contributed by atoms with E-state index in [2.05, 4.69) is 10.3 Å². The molecule has 0 bridgehead atoms. The number of aryl methyl sites for hydroxylation is 1. The fraction of sp³-hybridized carbons (Fsp3) is 0.333. The second kappa shape index (κ2) is 9.22. The molecule has 0 radical (unpaired) electrons. The van der Waals surface area contributed by atoms with Crippen LogP contribution in [0.3, 0.4) is 0 Å². The van der Waals surface area contributed by atoms with Crippen LogP contribution >= 0.6 is 0 Å². The molecule has 3 aromatic rings. The van der Waals surface area contributed by atoms with E-state index in [0.29, 0.717) is 30.2 Å². The molecule has 2 aromatic carbocycles. The smallest absolute Gasteiger partial charge is 0.322 e. The third kappa shape index (κ3) is 4.88. The lowest BCUT2D eigenvalue weighted by molar-refractivity contribution is 0.0818. The zero-order valence-corrected chi connectivity index (χ0v) is 17.8. The molecule has 0 spiro atoms. The standard InChI is InChI=1S/C24H27N3O4/c1-16-5-3-6-17-13-18(23(28)26-22(16)17)14-27(15-21-7-4-12-31-21)24(29)25-19-8-10-20(30-2)11-9-19/h3,5-6,8-11,13,21H,4,7,12,14-15H2,1-2H3,(H,25,29)(H,26,28)/t21-/m1/s1. The summed E-state index contributed by atoms with van der Waals surface area (Å²) in [6.45, 7) is 3.28. The highest BCUT2D eigenvalue weighted by Crippen LogP contribution is 2.20. The van der Waals surface area contributed by atoms with Gasteiger partial charge in [-0.15, -0.1) is 0 Å². The quantitative estimate of drug-likeness (QED) is 0.629. The van der Waals surface area contributed by atoms with E-state index in [1.807, 2.05) is 31.2 Å². The second-order valence-corrected chi connectivity index (χ2v) is 7.84. The van der Waals surface area contributed by atoms with Crippen molar-refractivity contribution in [2.45, 2.75) is 32.4 Å². The van der Waals surface area contributed by atoms with Crippen LogP contribution in [0, 0.1) is 6.92 Å². The van der Waals surface area contributed by atoms with E-state index in [9.17, 15) is 9.59 Å². The average Bonchev–Trinajstić information content (AvgIpc) is 3.28. The maximum Gasteiger partial charge on any atom is 0.322 e. The molecule has 1 fully saturated rings. The van der Waals surface area contributed by atoms with Crippen LogP contribution < -0.4 is 15.6 Å². The van der Waals surface area contributed by atoms with E-state index < -0.39 is 0 Å². The Morgan fingerprint density at radius 1 is 1.26 bits per heavy atom. The van der Waals surface area contributed by atoms with Gasteiger partial charge in [0.15, 0.2) is 0 Å². The summed E-state index contributed by atoms with van der Waals surface area (Å²) in [5, 5.41) is 3.86. The van der Waals surface area contributed by atoms with Gasteiger partial charge in [-0.3, -0.25) is 4.79 Å². The summed E-state index contributed by atoms with van der Waals surface area (Å²) in [5.41, 5.74) is 2.85. The van der Waals surface area contributed by atoms with Crippen molar-refractivity contribution in [1.29, 1.82) is 0 Å². The van der Waals surface area contributed by atoms with Gasteiger partial charge in [-0.1, -0.05) is 18.2 Å². The lowest BCUT2D eigenvalue weighted by Gasteiger charge is -2.26. The number of anilines is 1. The third-order valence-electron chi connectivity index (χ3n) is 5.60. The van der Waals surface area contributed by atoms with Crippen molar-refractivity contribution < 1.29 is 14.3 Å². The van der Waals surface area contributed by atoms with Crippen molar-refractivity contribution >= 4 is 22.6 Å². The van der Waals surface area contributed by atoms with Crippen LogP contribution in [0.4, 0.5) is 10.5 Å². The van der Waals surface area contributed by atoms with Gasteiger partial charge in [-0.25, -0.2) is 4.79 Å². The predicted molar refractivity (Wildman–Crippen MR) is 121 cm³/mol. The number of nitrogens with zero attached hydrogens (tertiary/aromatic N) is 1. The number of fused-ring (bicyclic) bond motifs is 1. The molecular formula is C24H27N3O4. The first kappa shape index (κ1) is 20.9. The number of urea groups is 1. The first-order valence-corrected chi connectivity index (χ1v) is 10.5. The first-order valence-electron chi connectivity index (χ1n) is 10.5. The minimum Gasteiger partial charge on any atom is -0.497 e. The zero-order valence-electron chi connectivity index (χ0n) is 17.8. The van der Waals surface area contributed by atoms with Crippen molar-refractivity contribution in [3.8, 4) is 5.75 Å². The molecule has 4 rings (SSSR count). The number of para-hydroxylation sites is 1. The number of hydrogen-bond donors (Lipinski definition) is 2. The largest absolute Gasteiger partial charge is 0.497 e. The molecule has 0 aliphatic carbocycles. The fourth-order valence-corrected chi connectivity index (χ4v) is 3.88. The van der Waals surface area contributed by atoms with E-state index in [0.717, 1.165) is 29.3 Å². The molecule has 7 heteroatoms. The SMILES string of the molecule is COc1ccc(NC(=O)N(Cc2cc3cccc(C)c3[nH]c2=O)C[C@H]2CCCO2)cc1. The minimum atomic E-state index is -0.274. The van der Waals surface area contributed by atoms with E-state index in [1.54, 1.807) is 36.3 Å². The van der Waals surface area contributed by atoms with Gasteiger partial charge in [0, 0.05) is 24.4 Å². The molecule has 2 N–H and O–H groups in total. The number of carbonyl (C=O) groups is 1. The number of ether oxygens (including phenoxy) is 2. The Labute approximate surface area is 181 Å². The topological polar surface area (TPSA) is 83.7 Å². The summed E-state index contributed by atoms with van der Waals surface area (Å²) in [4.78, 5) is 30.5. The number of amides is 2. The first-order chi connectivity index (χ1) is 15.0. The van der Waals surface area contributed by atoms with Gasteiger partial charge in [-0.2, -0.15) is 0 Å². The Kier molecular flexibility index (Phi) is 6.23. The maximum absolute atomic E-state index is 13.1. The van der Waals surface area contributed by atoms with Crippen LogP contribution in [-0.4, -0.2) is 42.3 Å². The molecule has 1 saturated heterocycles. The third-order valence-corrected chi connectivity index (χ3v) is 5.60. The van der Waals surface area contributed by atoms with Crippen molar-refractivity contribution in [1.82, 2.24) is 9.88 Å². The van der Waals surface area contributed by atoms with Crippen LogP contribution in [0.5, 0.6) is 5.75 Å². The van der Waals surface area contributed by atoms with Crippen LogP contribution in [0.25, 0.3) is 10.9 Å². The monoisotopic (exact) mass is 421 g/mol. The van der Waals surface area contributed by atoms with Gasteiger partial charge < -0.3 is 24.7 Å². The summed E-state index contributed by atoms with van der Waals surface area (Å²) in [6, 6.07) is 14.6. The van der Waals surface area contributed by atoms with Crippen molar-refractivity contribution in [2.75, 3.05) is 25.6 Å². The highest BCUT2D eigenvalue weighted by atomic mass is 16.5. The molecule has 2 amide bonds. The molecule has 1 aromatic heterocycles. The van der Waals surface area contributed by atoms with Gasteiger partial charge in [0.05, 0.1) is 25.3 Å². The molecule has 0 saturated carbocycles. The Morgan fingerprint density at radius 3 is 2.77 bits per heavy atom. The van der Waals surface area contributed by atoms with E-state index in [4.69, 9.17) is 9.47 Å². The second-order valence-electron chi connectivity index (χ2n) is 7.84. The maximum atomic E-state index is 13.1. The van der Waals surface area contributed by atoms with E-state index >= 15 is 0 Å². The van der Waals surface area contributed by atoms with Gasteiger partial charge in [0.25, 0.3) is 5.56 Å². The molecule has 7 nitrogen and oxygen atoms in total. The van der Waals surface area contributed by atoms with Crippen molar-refractivity contribution in [3.63, 3.8) is 0 Å². The number of carbonyl (C=O) groups excluding carboxylic acids is 1. The van der Waals surface area contributed by atoms with Crippen molar-refractivity contribution in [2.24, 2.45) is 0 Å². The van der Waals surface area contributed by atoms with Gasteiger partial charge in [0.2, 0.25) is 0 Å². The minimum absolute atomic E-state index is 0.0246. The molecule has 1 atom stereocenters.